The van der Waals surface area contributed by atoms with Crippen molar-refractivity contribution in [1.82, 2.24) is 10.3 Å². The van der Waals surface area contributed by atoms with Crippen molar-refractivity contribution in [2.45, 2.75) is 4.90 Å². The summed E-state index contributed by atoms with van der Waals surface area (Å²) in [7, 11) is 0. The highest BCUT2D eigenvalue weighted by molar-refractivity contribution is 8.00. The molecule has 0 radical (unpaired) electrons. The van der Waals surface area contributed by atoms with Crippen LogP contribution in [0.1, 0.15) is 15.9 Å². The number of aromatic nitrogens is 1. The minimum Gasteiger partial charge on any atom is -0.361 e. The zero-order valence-electron chi connectivity index (χ0n) is 22.0. The molecule has 3 amide bonds. The topological polar surface area (TPSA) is 103 Å². The first-order chi connectivity index (χ1) is 20.4. The number of aromatic amines is 1. The van der Waals surface area contributed by atoms with Gasteiger partial charge in [-0.15, -0.1) is 11.8 Å². The van der Waals surface area contributed by atoms with Crippen LogP contribution in [0.15, 0.2) is 114 Å². The van der Waals surface area contributed by atoms with E-state index in [9.17, 15) is 14.4 Å². The molecule has 0 atom stereocenters. The van der Waals surface area contributed by atoms with Crippen LogP contribution in [0, 0.1) is 0 Å². The maximum atomic E-state index is 13.5. The molecule has 0 aliphatic heterocycles. The third-order valence-electron chi connectivity index (χ3n) is 6.12. The predicted molar refractivity (Wildman–Crippen MR) is 171 cm³/mol. The second-order valence-electron chi connectivity index (χ2n) is 9.11. The fraction of sp³-hybridized carbons (Fsp3) is 0.0312. The first-order valence-electron chi connectivity index (χ1n) is 12.8. The molecule has 0 spiro atoms. The number of halogens is 2. The lowest BCUT2D eigenvalue weighted by Gasteiger charge is -2.12. The van der Waals surface area contributed by atoms with Crippen LogP contribution in [0.5, 0.6) is 0 Å². The number of carbonyl (C=O) groups is 3. The Hall–Kier alpha value is -4.50. The zero-order valence-corrected chi connectivity index (χ0v) is 24.3. The maximum Gasteiger partial charge on any atom is 0.272 e. The van der Waals surface area contributed by atoms with E-state index in [-0.39, 0.29) is 17.4 Å². The van der Waals surface area contributed by atoms with E-state index in [2.05, 4.69) is 20.9 Å². The van der Waals surface area contributed by atoms with Gasteiger partial charge >= 0.3 is 0 Å². The molecule has 0 aliphatic rings. The van der Waals surface area contributed by atoms with Crippen LogP contribution in [0.4, 0.5) is 11.4 Å². The zero-order chi connectivity index (χ0) is 29.5. The number of anilines is 2. The van der Waals surface area contributed by atoms with Crippen LogP contribution in [0.3, 0.4) is 0 Å². The summed E-state index contributed by atoms with van der Waals surface area (Å²) in [6, 6.07) is 28.3. The molecule has 0 bridgehead atoms. The summed E-state index contributed by atoms with van der Waals surface area (Å²) >= 11 is 13.4. The molecule has 4 N–H and O–H groups in total. The largest absolute Gasteiger partial charge is 0.361 e. The Kier molecular flexibility index (Phi) is 9.28. The minimum absolute atomic E-state index is 0.0749. The van der Waals surface area contributed by atoms with Crippen molar-refractivity contribution >= 4 is 81.0 Å². The highest BCUT2D eigenvalue weighted by Crippen LogP contribution is 2.27. The second-order valence-corrected chi connectivity index (χ2v) is 11.0. The van der Waals surface area contributed by atoms with Gasteiger partial charge in [-0.25, -0.2) is 0 Å². The molecular weight excluding hydrogens is 591 g/mol. The number of nitrogens with one attached hydrogen (secondary N) is 4. The average Bonchev–Trinajstić information content (AvgIpc) is 3.40. The summed E-state index contributed by atoms with van der Waals surface area (Å²) in [5.41, 5.74) is 3.13. The van der Waals surface area contributed by atoms with Crippen LogP contribution in [-0.2, 0) is 9.59 Å². The number of fused-ring (bicyclic) bond motifs is 1. The molecule has 1 aromatic heterocycles. The standard InChI is InChI=1S/C32H24Cl2N4O3S/c33-22-13-14-28(26(34)16-22)37-30(39)19-42-24-10-6-9-23(17-24)36-32(41)29(38-31(40)20-7-2-1-3-8-20)15-21-18-35-27-12-5-4-11-25(21)27/h1-18,35H,19H2,(H,36,41)(H,37,39)(H,38,40)/b29-15-. The highest BCUT2D eigenvalue weighted by Gasteiger charge is 2.16. The summed E-state index contributed by atoms with van der Waals surface area (Å²) in [6.07, 6.45) is 3.42. The monoisotopic (exact) mass is 614 g/mol. The molecule has 0 saturated carbocycles. The van der Waals surface area contributed by atoms with Crippen LogP contribution in [0.2, 0.25) is 10.0 Å². The molecule has 0 fully saturated rings. The minimum atomic E-state index is -0.498. The number of para-hydroxylation sites is 1. The second kappa shape index (κ2) is 13.4. The van der Waals surface area contributed by atoms with Crippen molar-refractivity contribution < 1.29 is 14.4 Å². The van der Waals surface area contributed by atoms with Crippen molar-refractivity contribution in [3.63, 3.8) is 0 Å². The van der Waals surface area contributed by atoms with Gasteiger partial charge < -0.3 is 20.9 Å². The SMILES string of the molecule is O=C(CSc1cccc(NC(=O)/C(=C/c2c[nH]c3ccccc23)NC(=O)c2ccccc2)c1)Nc1ccc(Cl)cc1Cl. The lowest BCUT2D eigenvalue weighted by molar-refractivity contribution is -0.114. The average molecular weight is 616 g/mol. The van der Waals surface area contributed by atoms with Gasteiger partial charge in [0.05, 0.1) is 16.5 Å². The number of benzene rings is 4. The quantitative estimate of drug-likeness (QED) is 0.101. The summed E-state index contributed by atoms with van der Waals surface area (Å²) < 4.78 is 0. The third kappa shape index (κ3) is 7.41. The third-order valence-corrected chi connectivity index (χ3v) is 7.66. The van der Waals surface area contributed by atoms with Gasteiger partial charge in [0.2, 0.25) is 5.91 Å². The van der Waals surface area contributed by atoms with Crippen molar-refractivity contribution in [1.29, 1.82) is 0 Å². The summed E-state index contributed by atoms with van der Waals surface area (Å²) in [4.78, 5) is 42.9. The number of H-pyrrole nitrogens is 1. The Bertz CT molecular complexity index is 1800. The number of carbonyl (C=O) groups excluding carboxylic acids is 3. The van der Waals surface area contributed by atoms with Gasteiger partial charge in [-0.1, -0.05) is 65.7 Å². The van der Waals surface area contributed by atoms with Gasteiger partial charge in [-0.3, -0.25) is 14.4 Å². The van der Waals surface area contributed by atoms with Gasteiger partial charge in [-0.2, -0.15) is 0 Å². The number of amides is 3. The highest BCUT2D eigenvalue weighted by atomic mass is 35.5. The van der Waals surface area contributed by atoms with Crippen LogP contribution < -0.4 is 16.0 Å². The van der Waals surface area contributed by atoms with Gasteiger partial charge in [0, 0.05) is 43.8 Å². The van der Waals surface area contributed by atoms with Gasteiger partial charge in [0.25, 0.3) is 11.8 Å². The Morgan fingerprint density at radius 1 is 0.833 bits per heavy atom. The van der Waals surface area contributed by atoms with E-state index in [0.29, 0.717) is 27.0 Å². The fourth-order valence-corrected chi connectivity index (χ4v) is 5.31. The molecule has 210 valence electrons. The van der Waals surface area contributed by atoms with E-state index < -0.39 is 11.8 Å². The molecule has 10 heteroatoms. The number of hydrogen-bond acceptors (Lipinski definition) is 4. The first kappa shape index (κ1) is 29.0. The van der Waals surface area contributed by atoms with E-state index in [1.807, 2.05) is 36.4 Å². The Morgan fingerprint density at radius 2 is 1.62 bits per heavy atom. The van der Waals surface area contributed by atoms with Crippen LogP contribution in [0.25, 0.3) is 17.0 Å². The van der Waals surface area contributed by atoms with Gasteiger partial charge in [-0.05, 0) is 60.7 Å². The normalized spacial score (nSPS) is 11.2. The number of thioether (sulfide) groups is 1. The smallest absolute Gasteiger partial charge is 0.272 e. The molecular formula is C32H24Cl2N4O3S. The first-order valence-corrected chi connectivity index (χ1v) is 14.5. The number of hydrogen-bond donors (Lipinski definition) is 4. The van der Waals surface area contributed by atoms with E-state index >= 15 is 0 Å². The molecule has 5 aromatic rings. The molecule has 7 nitrogen and oxygen atoms in total. The molecule has 0 unspecified atom stereocenters. The van der Waals surface area contributed by atoms with E-state index in [1.165, 1.54) is 11.8 Å². The molecule has 0 aliphatic carbocycles. The maximum absolute atomic E-state index is 13.5. The van der Waals surface area contributed by atoms with Crippen molar-refractivity contribution in [3.05, 3.63) is 130 Å². The van der Waals surface area contributed by atoms with Crippen molar-refractivity contribution in [2.24, 2.45) is 0 Å². The Balaban J connectivity index is 1.30. The lowest BCUT2D eigenvalue weighted by Crippen LogP contribution is -2.30. The lowest BCUT2D eigenvalue weighted by atomic mass is 10.1. The molecule has 1 heterocycles. The molecule has 0 saturated heterocycles. The van der Waals surface area contributed by atoms with E-state index in [4.69, 9.17) is 23.2 Å². The molecule has 4 aromatic carbocycles. The van der Waals surface area contributed by atoms with Crippen molar-refractivity contribution in [2.75, 3.05) is 16.4 Å². The van der Waals surface area contributed by atoms with Crippen LogP contribution in [-0.4, -0.2) is 28.5 Å². The summed E-state index contributed by atoms with van der Waals surface area (Å²) in [6.45, 7) is 0. The van der Waals surface area contributed by atoms with E-state index in [1.54, 1.807) is 72.9 Å². The van der Waals surface area contributed by atoms with Crippen LogP contribution >= 0.6 is 35.0 Å². The predicted octanol–water partition coefficient (Wildman–Crippen LogP) is 7.62. The molecule has 5 rings (SSSR count). The van der Waals surface area contributed by atoms with Gasteiger partial charge in [0.1, 0.15) is 5.70 Å². The van der Waals surface area contributed by atoms with E-state index in [0.717, 1.165) is 21.4 Å². The molecule has 42 heavy (non-hydrogen) atoms. The Morgan fingerprint density at radius 3 is 2.43 bits per heavy atom. The summed E-state index contributed by atoms with van der Waals surface area (Å²) in [5, 5.41) is 10.1. The Labute approximate surface area is 256 Å². The van der Waals surface area contributed by atoms with Crippen molar-refractivity contribution in [3.8, 4) is 0 Å². The van der Waals surface area contributed by atoms with Gasteiger partial charge in [0.15, 0.2) is 0 Å². The fourth-order valence-electron chi connectivity index (χ4n) is 4.10. The number of rotatable bonds is 9. The summed E-state index contributed by atoms with van der Waals surface area (Å²) in [5.74, 6) is -1.03.